The first-order chi connectivity index (χ1) is 18.0. The maximum absolute atomic E-state index is 13.9. The summed E-state index contributed by atoms with van der Waals surface area (Å²) in [6.07, 6.45) is 9.79. The van der Waals surface area contributed by atoms with Gasteiger partial charge in [-0.05, 0) is 47.6 Å². The quantitative estimate of drug-likeness (QED) is 0.423. The molecular formula is C30H36N4O3. The highest BCUT2D eigenvalue weighted by atomic mass is 16.5. The summed E-state index contributed by atoms with van der Waals surface area (Å²) in [5, 5.41) is 3.26. The van der Waals surface area contributed by atoms with Crippen molar-refractivity contribution in [2.24, 2.45) is 0 Å². The maximum Gasteiger partial charge on any atom is 0.275 e. The van der Waals surface area contributed by atoms with Crippen molar-refractivity contribution in [1.82, 2.24) is 20.2 Å². The van der Waals surface area contributed by atoms with Gasteiger partial charge in [0.2, 0.25) is 5.91 Å². The molecule has 1 aromatic heterocycles. The fourth-order valence-corrected chi connectivity index (χ4v) is 4.83. The first-order valence-electron chi connectivity index (χ1n) is 13.1. The lowest BCUT2D eigenvalue weighted by Gasteiger charge is -2.33. The van der Waals surface area contributed by atoms with Crippen LogP contribution >= 0.6 is 0 Å². The van der Waals surface area contributed by atoms with E-state index in [0.29, 0.717) is 5.92 Å². The van der Waals surface area contributed by atoms with Crippen LogP contribution in [0.1, 0.15) is 85.1 Å². The van der Waals surface area contributed by atoms with Crippen molar-refractivity contribution in [2.75, 3.05) is 7.11 Å². The summed E-state index contributed by atoms with van der Waals surface area (Å²) in [7, 11) is 1.62. The summed E-state index contributed by atoms with van der Waals surface area (Å²) in [6.45, 7) is 4.50. The summed E-state index contributed by atoms with van der Waals surface area (Å²) < 4.78 is 5.30. The molecule has 0 aliphatic heterocycles. The Balaban J connectivity index is 1.74. The Morgan fingerprint density at radius 2 is 1.65 bits per heavy atom. The van der Waals surface area contributed by atoms with Gasteiger partial charge >= 0.3 is 0 Å². The van der Waals surface area contributed by atoms with E-state index in [2.05, 4.69) is 29.1 Å². The second kappa shape index (κ2) is 12.5. The molecule has 0 radical (unpaired) electrons. The topological polar surface area (TPSA) is 84.4 Å². The Kier molecular flexibility index (Phi) is 8.88. The molecule has 1 heterocycles. The minimum Gasteiger partial charge on any atom is -0.497 e. The zero-order valence-corrected chi connectivity index (χ0v) is 21.9. The first-order valence-corrected chi connectivity index (χ1v) is 13.1. The highest BCUT2D eigenvalue weighted by Crippen LogP contribution is 2.29. The van der Waals surface area contributed by atoms with Gasteiger partial charge in [0.1, 0.15) is 17.5 Å². The van der Waals surface area contributed by atoms with Crippen LogP contribution in [0.5, 0.6) is 5.75 Å². The minimum absolute atomic E-state index is 0.119. The molecule has 1 aliphatic rings. The van der Waals surface area contributed by atoms with Crippen molar-refractivity contribution in [3.05, 3.63) is 89.5 Å². The number of hydrogen-bond acceptors (Lipinski definition) is 5. The summed E-state index contributed by atoms with van der Waals surface area (Å²) >= 11 is 0. The van der Waals surface area contributed by atoms with E-state index in [0.717, 1.165) is 42.6 Å². The average molecular weight is 501 g/mol. The third-order valence-corrected chi connectivity index (χ3v) is 6.99. The Morgan fingerprint density at radius 1 is 0.973 bits per heavy atom. The molecule has 2 amide bonds. The highest BCUT2D eigenvalue weighted by Gasteiger charge is 2.34. The predicted molar refractivity (Wildman–Crippen MR) is 143 cm³/mol. The number of benzene rings is 2. The number of rotatable bonds is 9. The molecule has 2 aromatic carbocycles. The Bertz CT molecular complexity index is 1160. The molecule has 1 atom stereocenters. The molecule has 3 aromatic rings. The minimum atomic E-state index is -0.820. The van der Waals surface area contributed by atoms with Crippen LogP contribution < -0.4 is 10.1 Å². The lowest BCUT2D eigenvalue weighted by atomic mass is 9.94. The van der Waals surface area contributed by atoms with Gasteiger partial charge in [0.05, 0.1) is 13.3 Å². The molecule has 37 heavy (non-hydrogen) atoms. The standard InChI is InChI=1S/C30H36N4O3/c1-21(2)23-11-13-24(14-12-23)28(29(35)33-25-7-5-4-6-8-25)34(30(36)27-19-31-17-18-32-27)20-22-9-15-26(37-3)16-10-22/h9-19,21,25,28H,4-8,20H2,1-3H3,(H,33,35)/t28-/m1/s1. The second-order valence-corrected chi connectivity index (χ2v) is 9.94. The van der Waals surface area contributed by atoms with E-state index in [9.17, 15) is 9.59 Å². The highest BCUT2D eigenvalue weighted by molar-refractivity contribution is 5.96. The Hall–Kier alpha value is -3.74. The van der Waals surface area contributed by atoms with E-state index in [1.165, 1.54) is 30.6 Å². The van der Waals surface area contributed by atoms with Crippen molar-refractivity contribution in [3.63, 3.8) is 0 Å². The molecule has 1 N–H and O–H groups in total. The Labute approximate surface area is 219 Å². The van der Waals surface area contributed by atoms with Crippen molar-refractivity contribution < 1.29 is 14.3 Å². The molecule has 0 saturated heterocycles. The van der Waals surface area contributed by atoms with Gasteiger partial charge in [-0.15, -0.1) is 0 Å². The normalized spacial score (nSPS) is 14.7. The van der Waals surface area contributed by atoms with E-state index in [-0.39, 0.29) is 30.1 Å². The van der Waals surface area contributed by atoms with E-state index in [1.54, 1.807) is 12.0 Å². The number of aromatic nitrogens is 2. The largest absolute Gasteiger partial charge is 0.497 e. The number of carbonyl (C=O) groups is 2. The van der Waals surface area contributed by atoms with Gasteiger partial charge in [0.25, 0.3) is 5.91 Å². The van der Waals surface area contributed by atoms with Crippen LogP contribution in [0.25, 0.3) is 0 Å². The molecule has 0 unspecified atom stereocenters. The molecule has 194 valence electrons. The summed E-state index contributed by atoms with van der Waals surface area (Å²) in [6, 6.07) is 14.8. The van der Waals surface area contributed by atoms with Gasteiger partial charge in [0.15, 0.2) is 0 Å². The number of amides is 2. The average Bonchev–Trinajstić information content (AvgIpc) is 2.94. The predicted octanol–water partition coefficient (Wildman–Crippen LogP) is 5.44. The first kappa shape index (κ1) is 26.3. The van der Waals surface area contributed by atoms with E-state index >= 15 is 0 Å². The molecule has 7 heteroatoms. The van der Waals surface area contributed by atoms with Crippen LogP contribution in [-0.2, 0) is 11.3 Å². The smallest absolute Gasteiger partial charge is 0.275 e. The van der Waals surface area contributed by atoms with Gasteiger partial charge in [-0.3, -0.25) is 14.6 Å². The zero-order valence-electron chi connectivity index (χ0n) is 21.9. The lowest BCUT2D eigenvalue weighted by Crippen LogP contribution is -2.47. The zero-order chi connectivity index (χ0) is 26.2. The molecule has 0 bridgehead atoms. The maximum atomic E-state index is 13.9. The van der Waals surface area contributed by atoms with Gasteiger partial charge in [-0.25, -0.2) is 4.98 Å². The summed E-state index contributed by atoms with van der Waals surface area (Å²) in [4.78, 5) is 37.8. The summed E-state index contributed by atoms with van der Waals surface area (Å²) in [5.74, 6) is 0.571. The Morgan fingerprint density at radius 3 is 2.24 bits per heavy atom. The van der Waals surface area contributed by atoms with Crippen LogP contribution in [0.3, 0.4) is 0 Å². The fourth-order valence-electron chi connectivity index (χ4n) is 4.83. The molecule has 1 saturated carbocycles. The van der Waals surface area contributed by atoms with Crippen molar-refractivity contribution >= 4 is 11.8 Å². The van der Waals surface area contributed by atoms with Gasteiger partial charge in [-0.1, -0.05) is 69.5 Å². The third-order valence-electron chi connectivity index (χ3n) is 6.99. The monoisotopic (exact) mass is 500 g/mol. The molecule has 4 rings (SSSR count). The van der Waals surface area contributed by atoms with Crippen LogP contribution in [0.15, 0.2) is 67.1 Å². The van der Waals surface area contributed by atoms with Gasteiger partial charge in [0, 0.05) is 25.0 Å². The van der Waals surface area contributed by atoms with E-state index in [4.69, 9.17) is 4.74 Å². The lowest BCUT2D eigenvalue weighted by molar-refractivity contribution is -0.127. The van der Waals surface area contributed by atoms with Crippen molar-refractivity contribution in [3.8, 4) is 5.75 Å². The van der Waals surface area contributed by atoms with Crippen LogP contribution in [-0.4, -0.2) is 39.8 Å². The van der Waals surface area contributed by atoms with E-state index < -0.39 is 6.04 Å². The number of nitrogens with zero attached hydrogens (tertiary/aromatic N) is 3. The molecule has 7 nitrogen and oxygen atoms in total. The van der Waals surface area contributed by atoms with Crippen LogP contribution in [0, 0.1) is 0 Å². The fraction of sp³-hybridized carbons (Fsp3) is 0.400. The number of methoxy groups -OCH3 is 1. The van der Waals surface area contributed by atoms with Crippen molar-refractivity contribution in [2.45, 2.75) is 70.5 Å². The molecule has 1 fully saturated rings. The number of carbonyl (C=O) groups excluding carboxylic acids is 2. The third kappa shape index (κ3) is 6.73. The van der Waals surface area contributed by atoms with Gasteiger partial charge in [-0.2, -0.15) is 0 Å². The summed E-state index contributed by atoms with van der Waals surface area (Å²) in [5.41, 5.74) is 3.03. The molecular weight excluding hydrogens is 464 g/mol. The van der Waals surface area contributed by atoms with Crippen LogP contribution in [0.4, 0.5) is 0 Å². The second-order valence-electron chi connectivity index (χ2n) is 9.94. The SMILES string of the molecule is COc1ccc(CN(C(=O)c2cnccn2)[C@@H](C(=O)NC2CCCCC2)c2ccc(C(C)C)cc2)cc1. The van der Waals surface area contributed by atoms with Gasteiger partial charge < -0.3 is 15.0 Å². The molecule has 0 spiro atoms. The molecule has 1 aliphatic carbocycles. The van der Waals surface area contributed by atoms with Crippen LogP contribution in [0.2, 0.25) is 0 Å². The number of hydrogen-bond donors (Lipinski definition) is 1. The van der Waals surface area contributed by atoms with Crippen molar-refractivity contribution in [1.29, 1.82) is 0 Å². The van der Waals surface area contributed by atoms with E-state index in [1.807, 2.05) is 48.5 Å². The number of nitrogens with one attached hydrogen (secondary N) is 1. The number of ether oxygens (including phenoxy) is 1.